The van der Waals surface area contributed by atoms with Gasteiger partial charge in [-0.3, -0.25) is 4.79 Å². The Morgan fingerprint density at radius 3 is 2.18 bits per heavy atom. The molecule has 1 amide bonds. The Kier molecular flexibility index (Phi) is 4.01. The van der Waals surface area contributed by atoms with Crippen molar-refractivity contribution in [1.82, 2.24) is 4.98 Å². The molecule has 0 atom stereocenters. The van der Waals surface area contributed by atoms with Crippen molar-refractivity contribution >= 4 is 11.7 Å². The molecule has 3 rings (SSSR count). The minimum atomic E-state index is -0.0925. The number of nitrogens with zero attached hydrogens (tertiary/aromatic N) is 1. The van der Waals surface area contributed by atoms with Crippen LogP contribution in [-0.4, -0.2) is 10.9 Å². The number of hydrogen-bond acceptors (Lipinski definition) is 3. The third-order valence-corrected chi connectivity index (χ3v) is 3.26. The van der Waals surface area contributed by atoms with Gasteiger partial charge in [-0.05, 0) is 12.1 Å². The second-order valence-electron chi connectivity index (χ2n) is 4.83. The first-order chi connectivity index (χ1) is 10.8. The van der Waals surface area contributed by atoms with Crippen molar-refractivity contribution in [3.63, 3.8) is 0 Å². The number of aromatic nitrogens is 1. The Morgan fingerprint density at radius 1 is 1.00 bits per heavy atom. The highest BCUT2D eigenvalue weighted by Gasteiger charge is 2.17. The highest BCUT2D eigenvalue weighted by atomic mass is 16.4. The lowest BCUT2D eigenvalue weighted by molar-refractivity contribution is -0.115. The van der Waals surface area contributed by atoms with E-state index in [1.807, 2.05) is 60.7 Å². The Balaban J connectivity index is 2.07. The van der Waals surface area contributed by atoms with Crippen LogP contribution in [0.5, 0.6) is 0 Å². The largest absolute Gasteiger partial charge is 0.434 e. The minimum Gasteiger partial charge on any atom is -0.434 e. The summed E-state index contributed by atoms with van der Waals surface area (Å²) in [5, 5.41) is 2.81. The Labute approximate surface area is 128 Å². The van der Waals surface area contributed by atoms with Crippen LogP contribution in [0, 0.1) is 0 Å². The lowest BCUT2D eigenvalue weighted by Crippen LogP contribution is -2.10. The molecule has 110 valence electrons. The summed E-state index contributed by atoms with van der Waals surface area (Å²) in [5.41, 5.74) is 1.75. The molecule has 4 heteroatoms. The van der Waals surface area contributed by atoms with Crippen molar-refractivity contribution in [1.29, 1.82) is 0 Å². The summed E-state index contributed by atoms with van der Waals surface area (Å²) < 4.78 is 5.91. The summed E-state index contributed by atoms with van der Waals surface area (Å²) in [6, 6.07) is 19.3. The lowest BCUT2D eigenvalue weighted by Gasteiger charge is -2.01. The average molecular weight is 292 g/mol. The van der Waals surface area contributed by atoms with Gasteiger partial charge in [0.05, 0.1) is 0 Å². The standard InChI is InChI=1S/C18H16N2O2/c1-2-15(21)19-17-16(13-9-5-3-6-10-13)22-18(20-17)14-11-7-4-8-12-14/h3-12H,2H2,1H3,(H,19,21). The molecule has 1 heterocycles. The predicted octanol–water partition coefficient (Wildman–Crippen LogP) is 4.36. The fraction of sp³-hybridized carbons (Fsp3) is 0.111. The molecule has 2 aromatic carbocycles. The predicted molar refractivity (Wildman–Crippen MR) is 86.3 cm³/mol. The van der Waals surface area contributed by atoms with Crippen LogP contribution in [0.4, 0.5) is 5.82 Å². The van der Waals surface area contributed by atoms with Gasteiger partial charge in [-0.1, -0.05) is 55.5 Å². The summed E-state index contributed by atoms with van der Waals surface area (Å²) in [4.78, 5) is 16.2. The van der Waals surface area contributed by atoms with Gasteiger partial charge in [-0.15, -0.1) is 0 Å². The van der Waals surface area contributed by atoms with Crippen molar-refractivity contribution in [2.24, 2.45) is 0 Å². The van der Waals surface area contributed by atoms with E-state index in [1.54, 1.807) is 6.92 Å². The fourth-order valence-corrected chi connectivity index (χ4v) is 2.11. The molecule has 0 radical (unpaired) electrons. The van der Waals surface area contributed by atoms with Crippen molar-refractivity contribution < 1.29 is 9.21 Å². The van der Waals surface area contributed by atoms with E-state index in [9.17, 15) is 4.79 Å². The molecule has 1 aromatic heterocycles. The number of anilines is 1. The smallest absolute Gasteiger partial charge is 0.228 e. The topological polar surface area (TPSA) is 55.1 Å². The molecule has 0 aliphatic heterocycles. The number of benzene rings is 2. The maximum absolute atomic E-state index is 11.7. The second kappa shape index (κ2) is 6.26. The highest BCUT2D eigenvalue weighted by Crippen LogP contribution is 2.33. The summed E-state index contributed by atoms with van der Waals surface area (Å²) in [6.45, 7) is 1.80. The van der Waals surface area contributed by atoms with E-state index < -0.39 is 0 Å². The van der Waals surface area contributed by atoms with E-state index in [1.165, 1.54) is 0 Å². The van der Waals surface area contributed by atoms with Crippen molar-refractivity contribution in [3.8, 4) is 22.8 Å². The number of rotatable bonds is 4. The van der Waals surface area contributed by atoms with Crippen LogP contribution in [0.3, 0.4) is 0 Å². The van der Waals surface area contributed by atoms with E-state index in [0.717, 1.165) is 11.1 Å². The molecule has 1 N–H and O–H groups in total. The van der Waals surface area contributed by atoms with Gasteiger partial charge in [0.1, 0.15) is 0 Å². The van der Waals surface area contributed by atoms with Crippen molar-refractivity contribution in [2.75, 3.05) is 5.32 Å². The first-order valence-electron chi connectivity index (χ1n) is 7.19. The van der Waals surface area contributed by atoms with E-state index in [2.05, 4.69) is 10.3 Å². The number of carbonyl (C=O) groups is 1. The van der Waals surface area contributed by atoms with Gasteiger partial charge in [0.25, 0.3) is 0 Å². The third kappa shape index (κ3) is 2.91. The molecular weight excluding hydrogens is 276 g/mol. The first-order valence-corrected chi connectivity index (χ1v) is 7.19. The zero-order valence-corrected chi connectivity index (χ0v) is 12.2. The maximum atomic E-state index is 11.7. The average Bonchev–Trinajstić information content (AvgIpc) is 3.00. The van der Waals surface area contributed by atoms with Gasteiger partial charge in [-0.25, -0.2) is 0 Å². The van der Waals surface area contributed by atoms with Crippen LogP contribution < -0.4 is 5.32 Å². The molecule has 0 saturated carbocycles. The lowest BCUT2D eigenvalue weighted by atomic mass is 10.2. The van der Waals surface area contributed by atoms with Gasteiger partial charge in [-0.2, -0.15) is 4.98 Å². The fourth-order valence-electron chi connectivity index (χ4n) is 2.11. The summed E-state index contributed by atoms with van der Waals surface area (Å²) in [5.74, 6) is 1.43. The van der Waals surface area contributed by atoms with Gasteiger partial charge >= 0.3 is 0 Å². The summed E-state index contributed by atoms with van der Waals surface area (Å²) >= 11 is 0. The summed E-state index contributed by atoms with van der Waals surface area (Å²) in [6.07, 6.45) is 0.391. The monoisotopic (exact) mass is 292 g/mol. The van der Waals surface area contributed by atoms with Gasteiger partial charge in [0.15, 0.2) is 11.6 Å². The molecule has 0 spiro atoms. The number of carbonyl (C=O) groups excluding carboxylic acids is 1. The second-order valence-corrected chi connectivity index (χ2v) is 4.83. The van der Waals surface area contributed by atoms with E-state index >= 15 is 0 Å². The maximum Gasteiger partial charge on any atom is 0.228 e. The molecule has 3 aromatic rings. The molecule has 0 aliphatic rings. The van der Waals surface area contributed by atoms with Crippen molar-refractivity contribution in [3.05, 3.63) is 60.7 Å². The Morgan fingerprint density at radius 2 is 1.59 bits per heavy atom. The number of nitrogens with one attached hydrogen (secondary N) is 1. The van der Waals surface area contributed by atoms with Crippen LogP contribution >= 0.6 is 0 Å². The van der Waals surface area contributed by atoms with Crippen LogP contribution in [0.25, 0.3) is 22.8 Å². The molecule has 0 aliphatic carbocycles. The van der Waals surface area contributed by atoms with Crippen LogP contribution in [0.1, 0.15) is 13.3 Å². The molecule has 0 unspecified atom stereocenters. The Bertz CT molecular complexity index is 764. The van der Waals surface area contributed by atoms with E-state index in [0.29, 0.717) is 23.9 Å². The number of hydrogen-bond donors (Lipinski definition) is 1. The first kappa shape index (κ1) is 14.1. The zero-order valence-electron chi connectivity index (χ0n) is 12.2. The van der Waals surface area contributed by atoms with Gasteiger partial charge in [0.2, 0.25) is 11.8 Å². The van der Waals surface area contributed by atoms with E-state index in [4.69, 9.17) is 4.42 Å². The molecular formula is C18H16N2O2. The molecule has 0 bridgehead atoms. The third-order valence-electron chi connectivity index (χ3n) is 3.26. The van der Waals surface area contributed by atoms with Crippen LogP contribution in [0.15, 0.2) is 65.1 Å². The summed E-state index contributed by atoms with van der Waals surface area (Å²) in [7, 11) is 0. The van der Waals surface area contributed by atoms with Gasteiger partial charge < -0.3 is 9.73 Å². The molecule has 0 fully saturated rings. The highest BCUT2D eigenvalue weighted by molar-refractivity contribution is 5.93. The number of oxazole rings is 1. The molecule has 4 nitrogen and oxygen atoms in total. The van der Waals surface area contributed by atoms with Crippen LogP contribution in [-0.2, 0) is 4.79 Å². The quantitative estimate of drug-likeness (QED) is 0.777. The van der Waals surface area contributed by atoms with Gasteiger partial charge in [0, 0.05) is 17.5 Å². The van der Waals surface area contributed by atoms with Crippen LogP contribution in [0.2, 0.25) is 0 Å². The SMILES string of the molecule is CCC(=O)Nc1nc(-c2ccccc2)oc1-c1ccccc1. The minimum absolute atomic E-state index is 0.0925. The normalized spacial score (nSPS) is 10.4. The Hall–Kier alpha value is -2.88. The molecule has 22 heavy (non-hydrogen) atoms. The molecule has 0 saturated heterocycles. The number of amides is 1. The van der Waals surface area contributed by atoms with E-state index in [-0.39, 0.29) is 5.91 Å². The van der Waals surface area contributed by atoms with Crippen molar-refractivity contribution in [2.45, 2.75) is 13.3 Å². The zero-order chi connectivity index (χ0) is 15.4.